The van der Waals surface area contributed by atoms with E-state index in [9.17, 15) is 5.26 Å². The van der Waals surface area contributed by atoms with Crippen molar-refractivity contribution in [1.29, 1.82) is 5.26 Å². The van der Waals surface area contributed by atoms with Gasteiger partial charge in [-0.05, 0) is 41.8 Å². The number of allylic oxidation sites excluding steroid dienone is 1. The molecule has 0 saturated heterocycles. The first-order valence-electron chi connectivity index (χ1n) is 8.07. The molecule has 0 aliphatic carbocycles. The van der Waals surface area contributed by atoms with Crippen molar-refractivity contribution in [2.24, 2.45) is 0 Å². The van der Waals surface area contributed by atoms with E-state index in [1.165, 1.54) is 0 Å². The largest absolute Gasteiger partial charge is 0.256 e. The minimum absolute atomic E-state index is 0.510. The molecule has 1 aromatic carbocycles. The first-order chi connectivity index (χ1) is 12.8. The third kappa shape index (κ3) is 3.18. The van der Waals surface area contributed by atoms with Gasteiger partial charge in [0.15, 0.2) is 0 Å². The van der Waals surface area contributed by atoms with Gasteiger partial charge in [0.05, 0.1) is 21.8 Å². The molecule has 0 fully saturated rings. The van der Waals surface area contributed by atoms with Gasteiger partial charge >= 0.3 is 0 Å². The molecule has 0 radical (unpaired) electrons. The van der Waals surface area contributed by atoms with Crippen molar-refractivity contribution in [2.45, 2.75) is 0 Å². The molecule has 0 saturated carbocycles. The molecule has 3 aromatic heterocycles. The molecule has 0 spiro atoms. The summed E-state index contributed by atoms with van der Waals surface area (Å²) in [5.74, 6) is 0. The molecular formula is C21H14N4S. The lowest BCUT2D eigenvalue weighted by Crippen LogP contribution is -1.93. The molecule has 0 unspecified atom stereocenters. The van der Waals surface area contributed by atoms with Gasteiger partial charge in [0.25, 0.3) is 0 Å². The van der Waals surface area contributed by atoms with Crippen LogP contribution in [0, 0.1) is 11.3 Å². The zero-order valence-corrected chi connectivity index (χ0v) is 14.6. The summed E-state index contributed by atoms with van der Waals surface area (Å²) in [7, 11) is 0. The zero-order valence-electron chi connectivity index (χ0n) is 13.8. The minimum atomic E-state index is 0.510. The van der Waals surface area contributed by atoms with Gasteiger partial charge in [0, 0.05) is 18.0 Å². The highest BCUT2D eigenvalue weighted by Crippen LogP contribution is 2.30. The summed E-state index contributed by atoms with van der Waals surface area (Å²) in [5, 5.41) is 16.4. The Balaban J connectivity index is 1.86. The molecular weight excluding hydrogens is 340 g/mol. The molecule has 0 amide bonds. The van der Waals surface area contributed by atoms with Crippen LogP contribution in [0.2, 0.25) is 0 Å². The zero-order chi connectivity index (χ0) is 17.8. The molecule has 0 aliphatic rings. The second-order valence-corrected chi connectivity index (χ2v) is 6.52. The Kier molecular flexibility index (Phi) is 4.42. The number of nitrogens with zero attached hydrogens (tertiary/aromatic N) is 4. The number of aromatic nitrogens is 3. The highest BCUT2D eigenvalue weighted by atomic mass is 32.1. The average Bonchev–Trinajstić information content (AvgIpc) is 3.37. The van der Waals surface area contributed by atoms with Crippen molar-refractivity contribution in [3.8, 4) is 22.3 Å². The van der Waals surface area contributed by atoms with Gasteiger partial charge in [0.2, 0.25) is 0 Å². The summed E-state index contributed by atoms with van der Waals surface area (Å²) < 4.78 is 1.84. The molecule has 26 heavy (non-hydrogen) atoms. The van der Waals surface area contributed by atoms with Crippen molar-refractivity contribution < 1.29 is 0 Å². The Bertz CT molecular complexity index is 1070. The SMILES string of the molecule is N#C/C(=C\c1cn(-c2ccccc2)nc1-c1cccs1)c1ccccn1. The van der Waals surface area contributed by atoms with Gasteiger partial charge in [-0.2, -0.15) is 10.4 Å². The van der Waals surface area contributed by atoms with E-state index in [1.807, 2.05) is 83.0 Å². The monoisotopic (exact) mass is 354 g/mol. The number of hydrogen-bond acceptors (Lipinski definition) is 4. The summed E-state index contributed by atoms with van der Waals surface area (Å²) in [4.78, 5) is 5.35. The van der Waals surface area contributed by atoms with Crippen molar-refractivity contribution in [3.05, 3.63) is 89.7 Å². The maximum absolute atomic E-state index is 9.60. The quantitative estimate of drug-likeness (QED) is 0.481. The van der Waals surface area contributed by atoms with E-state index in [1.54, 1.807) is 17.5 Å². The van der Waals surface area contributed by atoms with Crippen molar-refractivity contribution in [1.82, 2.24) is 14.8 Å². The number of rotatable bonds is 4. The Morgan fingerprint density at radius 2 is 1.88 bits per heavy atom. The highest BCUT2D eigenvalue weighted by Gasteiger charge is 2.13. The van der Waals surface area contributed by atoms with Crippen LogP contribution in [0.4, 0.5) is 0 Å². The van der Waals surface area contributed by atoms with Crippen LogP contribution in [0.5, 0.6) is 0 Å². The Labute approximate surface area is 155 Å². The molecule has 0 N–H and O–H groups in total. The second kappa shape index (κ2) is 7.18. The first-order valence-corrected chi connectivity index (χ1v) is 8.95. The number of thiophene rings is 1. The van der Waals surface area contributed by atoms with E-state index < -0.39 is 0 Å². The van der Waals surface area contributed by atoms with Crippen LogP contribution < -0.4 is 0 Å². The molecule has 4 rings (SSSR count). The maximum atomic E-state index is 9.60. The van der Waals surface area contributed by atoms with E-state index in [0.29, 0.717) is 11.3 Å². The van der Waals surface area contributed by atoms with Crippen LogP contribution >= 0.6 is 11.3 Å². The predicted molar refractivity (Wildman–Crippen MR) is 105 cm³/mol. The van der Waals surface area contributed by atoms with E-state index in [2.05, 4.69) is 11.1 Å². The van der Waals surface area contributed by atoms with Crippen molar-refractivity contribution in [2.75, 3.05) is 0 Å². The highest BCUT2D eigenvalue weighted by molar-refractivity contribution is 7.13. The Morgan fingerprint density at radius 1 is 1.04 bits per heavy atom. The number of nitriles is 1. The fraction of sp³-hybridized carbons (Fsp3) is 0. The summed E-state index contributed by atoms with van der Waals surface area (Å²) >= 11 is 1.63. The standard InChI is InChI=1S/C21H14N4S/c22-14-16(19-9-4-5-11-23-19)13-17-15-25(18-7-2-1-3-8-18)24-21(17)20-10-6-12-26-20/h1-13,15H/b16-13+. The Morgan fingerprint density at radius 3 is 2.58 bits per heavy atom. The lowest BCUT2D eigenvalue weighted by atomic mass is 10.1. The third-order valence-electron chi connectivity index (χ3n) is 3.88. The molecule has 0 atom stereocenters. The van der Waals surface area contributed by atoms with E-state index >= 15 is 0 Å². The molecule has 124 valence electrons. The van der Waals surface area contributed by atoms with Crippen LogP contribution in [0.15, 0.2) is 78.4 Å². The number of para-hydroxylation sites is 1. The number of hydrogen-bond donors (Lipinski definition) is 0. The molecule has 0 aliphatic heterocycles. The lowest BCUT2D eigenvalue weighted by molar-refractivity contribution is 0.885. The molecule has 4 nitrogen and oxygen atoms in total. The van der Waals surface area contributed by atoms with Crippen LogP contribution in [-0.2, 0) is 0 Å². The first kappa shape index (κ1) is 16.0. The number of pyridine rings is 1. The molecule has 0 bridgehead atoms. The second-order valence-electron chi connectivity index (χ2n) is 5.58. The molecule has 3 heterocycles. The van der Waals surface area contributed by atoms with Gasteiger partial charge in [-0.25, -0.2) is 4.68 Å². The van der Waals surface area contributed by atoms with Crippen LogP contribution in [0.25, 0.3) is 27.9 Å². The summed E-state index contributed by atoms with van der Waals surface area (Å²) in [6, 6.07) is 21.8. The molecule has 5 heteroatoms. The maximum Gasteiger partial charge on any atom is 0.110 e. The fourth-order valence-corrected chi connectivity index (χ4v) is 3.38. The Hall–Kier alpha value is -3.49. The normalized spacial score (nSPS) is 11.3. The van der Waals surface area contributed by atoms with Crippen LogP contribution in [0.1, 0.15) is 11.3 Å². The number of benzene rings is 1. The van der Waals surface area contributed by atoms with Crippen molar-refractivity contribution in [3.63, 3.8) is 0 Å². The smallest absolute Gasteiger partial charge is 0.110 e. The van der Waals surface area contributed by atoms with Gasteiger partial charge in [-0.1, -0.05) is 30.3 Å². The topological polar surface area (TPSA) is 54.5 Å². The van der Waals surface area contributed by atoms with Gasteiger partial charge in [0.1, 0.15) is 11.8 Å². The van der Waals surface area contributed by atoms with E-state index in [0.717, 1.165) is 21.8 Å². The summed E-state index contributed by atoms with van der Waals surface area (Å²) in [5.41, 5.74) is 3.88. The fourth-order valence-electron chi connectivity index (χ4n) is 2.65. The lowest BCUT2D eigenvalue weighted by Gasteiger charge is -1.99. The predicted octanol–water partition coefficient (Wildman–Crippen LogP) is 5.06. The van der Waals surface area contributed by atoms with Gasteiger partial charge < -0.3 is 0 Å². The van der Waals surface area contributed by atoms with E-state index in [4.69, 9.17) is 5.10 Å². The minimum Gasteiger partial charge on any atom is -0.256 e. The van der Waals surface area contributed by atoms with Crippen LogP contribution in [-0.4, -0.2) is 14.8 Å². The van der Waals surface area contributed by atoms with Crippen molar-refractivity contribution >= 4 is 23.0 Å². The average molecular weight is 354 g/mol. The summed E-state index contributed by atoms with van der Waals surface area (Å²) in [6.07, 6.45) is 5.49. The summed E-state index contributed by atoms with van der Waals surface area (Å²) in [6.45, 7) is 0. The van der Waals surface area contributed by atoms with Gasteiger partial charge in [-0.3, -0.25) is 4.98 Å². The molecule has 4 aromatic rings. The van der Waals surface area contributed by atoms with Gasteiger partial charge in [-0.15, -0.1) is 11.3 Å². The third-order valence-corrected chi connectivity index (χ3v) is 4.76. The van der Waals surface area contributed by atoms with E-state index in [-0.39, 0.29) is 0 Å². The van der Waals surface area contributed by atoms with Crippen LogP contribution in [0.3, 0.4) is 0 Å².